The Morgan fingerprint density at radius 2 is 2.05 bits per heavy atom. The van der Waals surface area contributed by atoms with Gasteiger partial charge in [-0.3, -0.25) is 4.79 Å². The van der Waals surface area contributed by atoms with Gasteiger partial charge < -0.3 is 11.1 Å². The number of benzene rings is 1. The lowest BCUT2D eigenvalue weighted by Crippen LogP contribution is -2.19. The van der Waals surface area contributed by atoms with Crippen LogP contribution >= 0.6 is 11.8 Å². The van der Waals surface area contributed by atoms with Gasteiger partial charge in [-0.15, -0.1) is 11.8 Å². The fourth-order valence-electron chi connectivity index (χ4n) is 1.32. The van der Waals surface area contributed by atoms with Gasteiger partial charge in [0.1, 0.15) is 0 Å². The molecular weight excluding hydrogens is 256 g/mol. The molecule has 3 N–H and O–H groups in total. The number of para-hydroxylation sites is 1. The van der Waals surface area contributed by atoms with Crippen LogP contribution in [0.15, 0.2) is 24.3 Å². The van der Waals surface area contributed by atoms with E-state index in [0.717, 1.165) is 11.3 Å². The summed E-state index contributed by atoms with van der Waals surface area (Å²) < 4.78 is 0.0796. The van der Waals surface area contributed by atoms with Crippen LogP contribution in [0.4, 0.5) is 5.69 Å². The van der Waals surface area contributed by atoms with Crippen LogP contribution in [-0.2, 0) is 4.79 Å². The van der Waals surface area contributed by atoms with Crippen molar-refractivity contribution >= 4 is 23.4 Å². The van der Waals surface area contributed by atoms with Gasteiger partial charge in [-0.25, -0.2) is 0 Å². The lowest BCUT2D eigenvalue weighted by molar-refractivity contribution is -0.113. The molecule has 0 heterocycles. The Bertz CT molecular complexity index is 495. The fourth-order valence-corrected chi connectivity index (χ4v) is 1.95. The maximum atomic E-state index is 11.9. The third kappa shape index (κ3) is 6.32. The van der Waals surface area contributed by atoms with E-state index in [2.05, 4.69) is 37.9 Å². The number of carbonyl (C=O) groups is 1. The van der Waals surface area contributed by atoms with Crippen LogP contribution in [0.1, 0.15) is 26.3 Å². The second-order valence-electron chi connectivity index (χ2n) is 5.00. The number of nitrogens with one attached hydrogen (secondary N) is 1. The first-order chi connectivity index (χ1) is 8.92. The molecule has 19 heavy (non-hydrogen) atoms. The molecule has 0 aliphatic rings. The Labute approximate surface area is 119 Å². The average Bonchev–Trinajstić information content (AvgIpc) is 2.34. The summed E-state index contributed by atoms with van der Waals surface area (Å²) in [6.45, 7) is 6.57. The van der Waals surface area contributed by atoms with E-state index >= 15 is 0 Å². The Morgan fingerprint density at radius 1 is 1.37 bits per heavy atom. The molecule has 3 nitrogen and oxygen atoms in total. The first-order valence-electron chi connectivity index (χ1n) is 6.14. The van der Waals surface area contributed by atoms with Crippen molar-refractivity contribution in [3.63, 3.8) is 0 Å². The third-order valence-corrected chi connectivity index (χ3v) is 3.44. The SMILES string of the molecule is CC(C)(C)SCC(=O)Nc1ccccc1C#CCN. The van der Waals surface area contributed by atoms with E-state index in [1.165, 1.54) is 0 Å². The highest BCUT2D eigenvalue weighted by Crippen LogP contribution is 2.23. The molecule has 0 spiro atoms. The molecule has 1 amide bonds. The summed E-state index contributed by atoms with van der Waals surface area (Å²) in [4.78, 5) is 11.9. The lowest BCUT2D eigenvalue weighted by atomic mass is 10.2. The highest BCUT2D eigenvalue weighted by atomic mass is 32.2. The summed E-state index contributed by atoms with van der Waals surface area (Å²) in [5.74, 6) is 6.17. The minimum atomic E-state index is -0.0121. The van der Waals surface area contributed by atoms with Crippen molar-refractivity contribution in [1.29, 1.82) is 0 Å². The summed E-state index contributed by atoms with van der Waals surface area (Å²) >= 11 is 1.62. The molecule has 0 aliphatic carbocycles. The molecule has 1 aromatic carbocycles. The van der Waals surface area contributed by atoms with E-state index in [-0.39, 0.29) is 10.7 Å². The molecule has 0 radical (unpaired) electrons. The highest BCUT2D eigenvalue weighted by molar-refractivity contribution is 8.01. The van der Waals surface area contributed by atoms with E-state index in [4.69, 9.17) is 5.73 Å². The second kappa shape index (κ2) is 7.22. The first-order valence-corrected chi connectivity index (χ1v) is 7.13. The van der Waals surface area contributed by atoms with Crippen LogP contribution in [0, 0.1) is 11.8 Å². The van der Waals surface area contributed by atoms with Crippen LogP contribution in [0.25, 0.3) is 0 Å². The smallest absolute Gasteiger partial charge is 0.234 e. The summed E-state index contributed by atoms with van der Waals surface area (Å²) in [6.07, 6.45) is 0. The number of anilines is 1. The Hall–Kier alpha value is -1.44. The molecule has 0 bridgehead atoms. The van der Waals surface area contributed by atoms with E-state index < -0.39 is 0 Å². The van der Waals surface area contributed by atoms with E-state index in [1.54, 1.807) is 11.8 Å². The number of thioether (sulfide) groups is 1. The summed E-state index contributed by atoms with van der Waals surface area (Å²) in [5.41, 5.74) is 6.89. The predicted octanol–water partition coefficient (Wildman–Crippen LogP) is 2.47. The van der Waals surface area contributed by atoms with Crippen molar-refractivity contribution in [1.82, 2.24) is 0 Å². The van der Waals surface area contributed by atoms with Crippen molar-refractivity contribution in [3.05, 3.63) is 29.8 Å². The minimum Gasteiger partial charge on any atom is -0.324 e. The van der Waals surface area contributed by atoms with Crippen LogP contribution in [0.2, 0.25) is 0 Å². The number of hydrogen-bond acceptors (Lipinski definition) is 3. The van der Waals surface area contributed by atoms with Crippen molar-refractivity contribution in [2.75, 3.05) is 17.6 Å². The predicted molar refractivity (Wildman–Crippen MR) is 83.2 cm³/mol. The van der Waals surface area contributed by atoms with Crippen LogP contribution in [0.5, 0.6) is 0 Å². The Balaban J connectivity index is 2.69. The minimum absolute atomic E-state index is 0.0121. The van der Waals surface area contributed by atoms with Crippen molar-refractivity contribution in [2.45, 2.75) is 25.5 Å². The molecule has 1 aromatic rings. The molecule has 0 unspecified atom stereocenters. The Morgan fingerprint density at radius 3 is 2.68 bits per heavy atom. The monoisotopic (exact) mass is 276 g/mol. The van der Waals surface area contributed by atoms with Crippen LogP contribution in [-0.4, -0.2) is 23.0 Å². The second-order valence-corrected chi connectivity index (χ2v) is 6.80. The number of hydrogen-bond donors (Lipinski definition) is 2. The van der Waals surface area contributed by atoms with Crippen LogP contribution < -0.4 is 11.1 Å². The van der Waals surface area contributed by atoms with Crippen molar-refractivity contribution in [3.8, 4) is 11.8 Å². The molecular formula is C15H20N2OS. The zero-order valence-corrected chi connectivity index (χ0v) is 12.4. The van der Waals surface area contributed by atoms with Gasteiger partial charge in [0.25, 0.3) is 0 Å². The van der Waals surface area contributed by atoms with Gasteiger partial charge in [0, 0.05) is 10.3 Å². The highest BCUT2D eigenvalue weighted by Gasteiger charge is 2.13. The maximum absolute atomic E-state index is 11.9. The van der Waals surface area contributed by atoms with E-state index in [1.807, 2.05) is 24.3 Å². The summed E-state index contributed by atoms with van der Waals surface area (Å²) in [5, 5.41) is 2.89. The van der Waals surface area contributed by atoms with E-state index in [0.29, 0.717) is 12.3 Å². The topological polar surface area (TPSA) is 55.1 Å². The molecule has 0 aromatic heterocycles. The molecule has 4 heteroatoms. The molecule has 0 atom stereocenters. The molecule has 0 aliphatic heterocycles. The van der Waals surface area contributed by atoms with Gasteiger partial charge in [0.2, 0.25) is 5.91 Å². The molecule has 0 saturated carbocycles. The van der Waals surface area contributed by atoms with Crippen molar-refractivity contribution in [2.24, 2.45) is 5.73 Å². The molecule has 0 fully saturated rings. The standard InChI is InChI=1S/C15H20N2OS/c1-15(2,3)19-11-14(18)17-13-9-5-4-7-12(13)8-6-10-16/h4-5,7,9H,10-11,16H2,1-3H3,(H,17,18). The van der Waals surface area contributed by atoms with Gasteiger partial charge in [0.15, 0.2) is 0 Å². The van der Waals surface area contributed by atoms with Gasteiger partial charge in [-0.05, 0) is 12.1 Å². The van der Waals surface area contributed by atoms with Gasteiger partial charge in [0.05, 0.1) is 18.0 Å². The number of carbonyl (C=O) groups excluding carboxylic acids is 1. The average molecular weight is 276 g/mol. The Kier molecular flexibility index (Phi) is 5.94. The normalized spacial score (nSPS) is 10.5. The lowest BCUT2D eigenvalue weighted by Gasteiger charge is -2.17. The van der Waals surface area contributed by atoms with Crippen molar-refractivity contribution < 1.29 is 4.79 Å². The number of nitrogens with two attached hydrogens (primary N) is 1. The third-order valence-electron chi connectivity index (χ3n) is 2.16. The zero-order valence-electron chi connectivity index (χ0n) is 11.6. The quantitative estimate of drug-likeness (QED) is 0.834. The molecule has 0 saturated heterocycles. The van der Waals surface area contributed by atoms with E-state index in [9.17, 15) is 4.79 Å². The molecule has 1 rings (SSSR count). The van der Waals surface area contributed by atoms with Gasteiger partial charge >= 0.3 is 0 Å². The van der Waals surface area contributed by atoms with Gasteiger partial charge in [-0.1, -0.05) is 44.7 Å². The summed E-state index contributed by atoms with van der Waals surface area (Å²) in [6, 6.07) is 7.48. The zero-order chi connectivity index (χ0) is 14.3. The summed E-state index contributed by atoms with van der Waals surface area (Å²) in [7, 11) is 0. The number of rotatable bonds is 3. The fraction of sp³-hybridized carbons (Fsp3) is 0.400. The molecule has 102 valence electrons. The maximum Gasteiger partial charge on any atom is 0.234 e. The van der Waals surface area contributed by atoms with Gasteiger partial charge in [-0.2, -0.15) is 0 Å². The largest absolute Gasteiger partial charge is 0.324 e. The van der Waals surface area contributed by atoms with Crippen LogP contribution in [0.3, 0.4) is 0 Å². The first kappa shape index (κ1) is 15.6. The number of amides is 1.